The summed E-state index contributed by atoms with van der Waals surface area (Å²) in [7, 11) is 0. The van der Waals surface area contributed by atoms with Crippen molar-refractivity contribution < 1.29 is 66.6 Å². The van der Waals surface area contributed by atoms with Crippen LogP contribution >= 0.6 is 0 Å². The van der Waals surface area contributed by atoms with Gasteiger partial charge in [0.05, 0.1) is 5.92 Å². The van der Waals surface area contributed by atoms with E-state index in [0.717, 1.165) is 0 Å². The van der Waals surface area contributed by atoms with Crippen LogP contribution < -0.4 is 0 Å². The topological polar surface area (TPSA) is 26.3 Å². The van der Waals surface area contributed by atoms with Gasteiger partial charge in [-0.25, -0.2) is 0 Å². The number of esters is 1. The highest BCUT2D eigenvalue weighted by atomic mass is 19.4. The second-order valence-corrected chi connectivity index (χ2v) is 7.90. The van der Waals surface area contributed by atoms with Gasteiger partial charge in [0.25, 0.3) is 5.41 Å². The Morgan fingerprint density at radius 3 is 1.42 bits per heavy atom. The van der Waals surface area contributed by atoms with Crippen LogP contribution in [0.1, 0.15) is 47.0 Å². The van der Waals surface area contributed by atoms with E-state index in [9.17, 15) is 61.9 Å². The fourth-order valence-electron chi connectivity index (χ4n) is 2.95. The first-order valence-electron chi connectivity index (χ1n) is 9.58. The van der Waals surface area contributed by atoms with E-state index in [-0.39, 0.29) is 18.8 Å². The minimum atomic E-state index is -7.82. The maximum absolute atomic E-state index is 14.0. The highest BCUT2D eigenvalue weighted by Gasteiger charge is 2.92. The summed E-state index contributed by atoms with van der Waals surface area (Å²) in [6, 6.07) is 0. The summed E-state index contributed by atoms with van der Waals surface area (Å²) in [5.74, 6) is -19.9. The molecule has 15 heteroatoms. The second-order valence-electron chi connectivity index (χ2n) is 7.90. The Bertz CT molecular complexity index is 635. The summed E-state index contributed by atoms with van der Waals surface area (Å²) in [6.45, 7) is 2.49. The summed E-state index contributed by atoms with van der Waals surface area (Å²) in [4.78, 5) is 12.3. The first-order chi connectivity index (χ1) is 14.5. The average molecular weight is 518 g/mol. The molecule has 198 valence electrons. The predicted octanol–water partition coefficient (Wildman–Crippen LogP) is 7.57. The van der Waals surface area contributed by atoms with Crippen molar-refractivity contribution >= 4 is 5.97 Å². The number of hydrogen-bond acceptors (Lipinski definition) is 2. The molecule has 0 amide bonds. The molecule has 0 aliphatic heterocycles. The van der Waals surface area contributed by atoms with Crippen molar-refractivity contribution in [1.29, 1.82) is 0 Å². The zero-order valence-electron chi connectivity index (χ0n) is 17.8. The fraction of sp³-hybridized carbons (Fsp3) is 0.944. The van der Waals surface area contributed by atoms with Crippen LogP contribution in [0.15, 0.2) is 0 Å². The third-order valence-corrected chi connectivity index (χ3v) is 5.67. The van der Waals surface area contributed by atoms with Gasteiger partial charge in [-0.1, -0.05) is 40.5 Å². The lowest BCUT2D eigenvalue weighted by atomic mass is 9.76. The van der Waals surface area contributed by atoms with E-state index in [0.29, 0.717) is 6.42 Å². The van der Waals surface area contributed by atoms with Crippen LogP contribution in [0.25, 0.3) is 0 Å². The molecule has 0 aliphatic rings. The molecule has 33 heavy (non-hydrogen) atoms. The number of rotatable bonds is 10. The predicted molar refractivity (Wildman–Crippen MR) is 88.5 cm³/mol. The molecule has 0 bridgehead atoms. The quantitative estimate of drug-likeness (QED) is 0.220. The summed E-state index contributed by atoms with van der Waals surface area (Å²) in [6.07, 6.45) is -22.0. The molecule has 0 rings (SSSR count). The van der Waals surface area contributed by atoms with Crippen molar-refractivity contribution in [2.24, 2.45) is 23.2 Å². The van der Waals surface area contributed by atoms with Gasteiger partial charge in [0.15, 0.2) is 0 Å². The summed E-state index contributed by atoms with van der Waals surface area (Å²) < 4.78 is 176. The molecule has 0 aromatic carbocycles. The van der Waals surface area contributed by atoms with Gasteiger partial charge in [-0.3, -0.25) is 4.79 Å². The van der Waals surface area contributed by atoms with Gasteiger partial charge in [-0.2, -0.15) is 57.1 Å². The van der Waals surface area contributed by atoms with Gasteiger partial charge in [0.2, 0.25) is 0 Å². The molecule has 3 atom stereocenters. The number of carbonyl (C=O) groups excluding carboxylic acids is 1. The average Bonchev–Trinajstić information content (AvgIpc) is 2.61. The van der Waals surface area contributed by atoms with Gasteiger partial charge >= 0.3 is 36.3 Å². The minimum Gasteiger partial charge on any atom is -0.464 e. The van der Waals surface area contributed by atoms with Gasteiger partial charge in [-0.15, -0.1) is 0 Å². The molecule has 0 aliphatic carbocycles. The molecule has 0 spiro atoms. The minimum absolute atomic E-state index is 0.141. The molecule has 0 radical (unpaired) electrons. The molecule has 2 nitrogen and oxygen atoms in total. The van der Waals surface area contributed by atoms with Crippen molar-refractivity contribution in [1.82, 2.24) is 0 Å². The number of ether oxygens (including phenoxy) is 1. The zero-order chi connectivity index (χ0) is 26.8. The Kier molecular flexibility index (Phi) is 9.61. The maximum atomic E-state index is 14.0. The van der Waals surface area contributed by atoms with E-state index in [1.54, 1.807) is 13.8 Å². The van der Waals surface area contributed by atoms with Gasteiger partial charge in [0.1, 0.15) is 6.61 Å². The first-order valence-corrected chi connectivity index (χ1v) is 9.58. The number of alkyl halides is 13. The molecule has 0 N–H and O–H groups in total. The molecular formula is C18H23F13O2. The Morgan fingerprint density at radius 1 is 0.697 bits per heavy atom. The highest BCUT2D eigenvalue weighted by Crippen LogP contribution is 2.65. The summed E-state index contributed by atoms with van der Waals surface area (Å²) in [5.41, 5.74) is -7.04. The normalized spacial score (nSPS) is 17.5. The number of halogens is 13. The molecule has 0 saturated carbocycles. The van der Waals surface area contributed by atoms with Gasteiger partial charge in [0, 0.05) is 0 Å². The summed E-state index contributed by atoms with van der Waals surface area (Å²) >= 11 is 0. The Hall–Kier alpha value is -1.44. The van der Waals surface area contributed by atoms with E-state index in [4.69, 9.17) is 0 Å². The third kappa shape index (κ3) is 5.80. The molecular weight excluding hydrogens is 495 g/mol. The van der Waals surface area contributed by atoms with Crippen LogP contribution in [-0.2, 0) is 9.53 Å². The van der Waals surface area contributed by atoms with Crippen molar-refractivity contribution in [3.05, 3.63) is 0 Å². The number of carbonyl (C=O) groups is 1. The highest BCUT2D eigenvalue weighted by molar-refractivity contribution is 5.72. The second kappa shape index (κ2) is 10.0. The zero-order valence-corrected chi connectivity index (χ0v) is 17.8. The largest absolute Gasteiger partial charge is 0.464 e. The summed E-state index contributed by atoms with van der Waals surface area (Å²) in [5, 5.41) is 0. The van der Waals surface area contributed by atoms with E-state index < -0.39 is 60.2 Å². The van der Waals surface area contributed by atoms with Crippen LogP contribution in [-0.4, -0.2) is 43.0 Å². The first kappa shape index (κ1) is 31.6. The molecule has 3 unspecified atom stereocenters. The lowest BCUT2D eigenvalue weighted by Crippen LogP contribution is -2.72. The molecule has 0 heterocycles. The fourth-order valence-corrected chi connectivity index (χ4v) is 2.95. The lowest BCUT2D eigenvalue weighted by Gasteiger charge is -2.44. The monoisotopic (exact) mass is 518 g/mol. The Labute approximate surface area is 180 Å². The van der Waals surface area contributed by atoms with E-state index in [1.165, 1.54) is 13.8 Å². The lowest BCUT2D eigenvalue weighted by molar-refractivity contribution is -0.464. The van der Waals surface area contributed by atoms with Crippen LogP contribution in [0.5, 0.6) is 0 Å². The van der Waals surface area contributed by atoms with E-state index in [1.807, 2.05) is 0 Å². The third-order valence-electron chi connectivity index (χ3n) is 5.67. The van der Waals surface area contributed by atoms with Crippen LogP contribution in [0.3, 0.4) is 0 Å². The van der Waals surface area contributed by atoms with Crippen molar-refractivity contribution in [3.63, 3.8) is 0 Å². The van der Waals surface area contributed by atoms with Crippen LogP contribution in [0.4, 0.5) is 57.1 Å². The maximum Gasteiger partial charge on any atom is 0.459 e. The smallest absolute Gasteiger partial charge is 0.459 e. The van der Waals surface area contributed by atoms with Gasteiger partial charge < -0.3 is 4.74 Å². The van der Waals surface area contributed by atoms with Crippen molar-refractivity contribution in [2.75, 3.05) is 6.61 Å². The van der Waals surface area contributed by atoms with E-state index >= 15 is 0 Å². The molecule has 0 saturated heterocycles. The van der Waals surface area contributed by atoms with Gasteiger partial charge in [-0.05, 0) is 18.3 Å². The Balaban J connectivity index is 6.63. The SMILES string of the molecule is CCC(C)CC(C(=O)OCC(C(F)(F)F)(C(F)(F)F)C(F)(F)C(F)(F)C(F)(F)F)C(C)CC. The van der Waals surface area contributed by atoms with Crippen LogP contribution in [0, 0.1) is 23.2 Å². The van der Waals surface area contributed by atoms with Crippen molar-refractivity contribution in [3.8, 4) is 0 Å². The molecule has 0 aromatic rings. The van der Waals surface area contributed by atoms with Crippen molar-refractivity contribution in [2.45, 2.75) is 77.3 Å². The molecule has 0 fully saturated rings. The Morgan fingerprint density at radius 2 is 1.12 bits per heavy atom. The molecule has 0 aromatic heterocycles. The van der Waals surface area contributed by atoms with E-state index in [2.05, 4.69) is 4.74 Å². The van der Waals surface area contributed by atoms with Crippen LogP contribution in [0.2, 0.25) is 0 Å². The number of hydrogen-bond donors (Lipinski definition) is 0. The standard InChI is InChI=1S/C18H23F13O2/c1-5-9(3)7-11(10(4)6-2)12(32)33-8-13(16(23,24)25,17(26,27)28)14(19,20)15(21,22)18(29,30)31/h9-11H,5-8H2,1-4H3.